The number of nitro benzene ring substituents is 1. The van der Waals surface area contributed by atoms with Gasteiger partial charge in [-0.3, -0.25) is 34.2 Å². The monoisotopic (exact) mass is 712 g/mol. The number of aliphatic hydroxyl groups is 1. The summed E-state index contributed by atoms with van der Waals surface area (Å²) in [4.78, 5) is 66.3. The normalized spacial score (nSPS) is 14.2. The summed E-state index contributed by atoms with van der Waals surface area (Å²) in [6, 6.07) is 23.6. The van der Waals surface area contributed by atoms with Crippen molar-refractivity contribution >= 4 is 40.9 Å². The Kier molecular flexibility index (Phi) is 10.6. The predicted octanol–water partition coefficient (Wildman–Crippen LogP) is 4.44. The molecule has 2 aliphatic heterocycles. The molecule has 0 aromatic heterocycles. The zero-order valence-corrected chi connectivity index (χ0v) is 28.0. The number of nitro groups is 1. The van der Waals surface area contributed by atoms with Crippen LogP contribution < -0.4 is 14.8 Å². The third-order valence-corrected chi connectivity index (χ3v) is 9.10. The quantitative estimate of drug-likeness (QED) is 0.109. The molecular weight excluding hydrogens is 680 g/mol. The van der Waals surface area contributed by atoms with E-state index in [1.807, 2.05) is 42.5 Å². The van der Waals surface area contributed by atoms with Crippen molar-refractivity contribution in [1.82, 2.24) is 15.1 Å². The molecule has 4 aromatic carbocycles. The zero-order chi connectivity index (χ0) is 36.1. The SMILES string of the molecule is O=C(NC(Cc1ccccc1)C(O)CN(CCc1ccc2c(c1)OCO2)C(=O)CCN1C(=O)c2ccccc2C1=O)c1ccc([N+](=O)[O-])cc1Cl. The number of non-ortho nitro benzene ring substituents is 1. The molecule has 0 saturated carbocycles. The van der Waals surface area contributed by atoms with E-state index in [0.717, 1.165) is 28.2 Å². The van der Waals surface area contributed by atoms with Gasteiger partial charge in [-0.05, 0) is 54.3 Å². The van der Waals surface area contributed by atoms with Crippen LogP contribution in [0.15, 0.2) is 91.0 Å². The van der Waals surface area contributed by atoms with E-state index in [4.69, 9.17) is 21.1 Å². The molecule has 0 fully saturated rings. The van der Waals surface area contributed by atoms with Gasteiger partial charge in [0.1, 0.15) is 0 Å². The molecule has 2 heterocycles. The number of aliphatic hydroxyl groups excluding tert-OH is 1. The second-order valence-corrected chi connectivity index (χ2v) is 12.5. The highest BCUT2D eigenvalue weighted by atomic mass is 35.5. The topological polar surface area (TPSA) is 169 Å². The summed E-state index contributed by atoms with van der Waals surface area (Å²) < 4.78 is 10.9. The largest absolute Gasteiger partial charge is 0.454 e. The van der Waals surface area contributed by atoms with Crippen LogP contribution in [0.4, 0.5) is 5.69 Å². The number of carbonyl (C=O) groups excluding carboxylic acids is 4. The van der Waals surface area contributed by atoms with Crippen LogP contribution in [-0.2, 0) is 17.6 Å². The minimum Gasteiger partial charge on any atom is -0.454 e. The number of nitrogens with zero attached hydrogens (tertiary/aromatic N) is 3. The Hall–Kier alpha value is -5.79. The molecule has 0 aliphatic carbocycles. The third kappa shape index (κ3) is 8.00. The minimum absolute atomic E-state index is 0.0239. The van der Waals surface area contributed by atoms with Crippen molar-refractivity contribution in [3.8, 4) is 11.5 Å². The summed E-state index contributed by atoms with van der Waals surface area (Å²) in [5.41, 5.74) is 1.88. The number of fused-ring (bicyclic) bond motifs is 2. The van der Waals surface area contributed by atoms with Crippen molar-refractivity contribution < 1.29 is 38.7 Å². The number of hydrogen-bond donors (Lipinski definition) is 2. The first-order chi connectivity index (χ1) is 24.6. The number of carbonyl (C=O) groups is 4. The Bertz CT molecular complexity index is 1960. The van der Waals surface area contributed by atoms with Crippen molar-refractivity contribution in [3.63, 3.8) is 0 Å². The first-order valence-electron chi connectivity index (χ1n) is 16.2. The molecule has 2 unspecified atom stereocenters. The van der Waals surface area contributed by atoms with Gasteiger partial charge in [0.05, 0.1) is 38.8 Å². The van der Waals surface area contributed by atoms with Crippen molar-refractivity contribution in [2.75, 3.05) is 26.4 Å². The second kappa shape index (κ2) is 15.4. The smallest absolute Gasteiger partial charge is 0.270 e. The number of hydrogen-bond acceptors (Lipinski definition) is 9. The fourth-order valence-corrected chi connectivity index (χ4v) is 6.30. The maximum absolute atomic E-state index is 13.8. The maximum atomic E-state index is 13.8. The van der Waals surface area contributed by atoms with E-state index in [1.165, 1.54) is 11.0 Å². The van der Waals surface area contributed by atoms with Crippen LogP contribution in [0.3, 0.4) is 0 Å². The summed E-state index contributed by atoms with van der Waals surface area (Å²) >= 11 is 6.24. The van der Waals surface area contributed by atoms with Gasteiger partial charge in [-0.1, -0.05) is 60.1 Å². The summed E-state index contributed by atoms with van der Waals surface area (Å²) in [5, 5.41) is 25.6. The lowest BCUT2D eigenvalue weighted by Crippen LogP contribution is -2.51. The first kappa shape index (κ1) is 35.1. The third-order valence-electron chi connectivity index (χ3n) is 8.78. The first-order valence-corrected chi connectivity index (χ1v) is 16.5. The lowest BCUT2D eigenvalue weighted by Gasteiger charge is -2.31. The second-order valence-electron chi connectivity index (χ2n) is 12.1. The van der Waals surface area contributed by atoms with E-state index in [1.54, 1.807) is 30.3 Å². The molecule has 2 atom stereocenters. The van der Waals surface area contributed by atoms with Gasteiger partial charge in [-0.25, -0.2) is 0 Å². The average Bonchev–Trinajstić information content (AvgIpc) is 3.70. The van der Waals surface area contributed by atoms with Gasteiger partial charge < -0.3 is 24.8 Å². The Morgan fingerprint density at radius 3 is 2.29 bits per heavy atom. The Morgan fingerprint density at radius 2 is 1.61 bits per heavy atom. The maximum Gasteiger partial charge on any atom is 0.270 e. The molecule has 0 radical (unpaired) electrons. The molecule has 13 nitrogen and oxygen atoms in total. The van der Waals surface area contributed by atoms with Gasteiger partial charge in [-0.15, -0.1) is 0 Å². The van der Waals surface area contributed by atoms with Gasteiger partial charge in [0.15, 0.2) is 11.5 Å². The molecule has 0 spiro atoms. The predicted molar refractivity (Wildman–Crippen MR) is 185 cm³/mol. The summed E-state index contributed by atoms with van der Waals surface area (Å²) in [6.45, 7) is -0.118. The molecule has 2 aliphatic rings. The van der Waals surface area contributed by atoms with Gasteiger partial charge >= 0.3 is 0 Å². The number of nitrogens with one attached hydrogen (secondary N) is 1. The van der Waals surface area contributed by atoms with Crippen LogP contribution in [0, 0.1) is 10.1 Å². The lowest BCUT2D eigenvalue weighted by molar-refractivity contribution is -0.384. The van der Waals surface area contributed by atoms with E-state index in [0.29, 0.717) is 17.9 Å². The molecule has 2 N–H and O–H groups in total. The van der Waals surface area contributed by atoms with Crippen LogP contribution in [0.25, 0.3) is 0 Å². The van der Waals surface area contributed by atoms with Gasteiger partial charge in [0, 0.05) is 38.2 Å². The number of ether oxygens (including phenoxy) is 2. The number of benzene rings is 4. The number of rotatable bonds is 14. The zero-order valence-electron chi connectivity index (χ0n) is 27.2. The molecule has 4 amide bonds. The molecule has 51 heavy (non-hydrogen) atoms. The molecule has 0 bridgehead atoms. The van der Waals surface area contributed by atoms with Crippen molar-refractivity contribution in [2.24, 2.45) is 0 Å². The van der Waals surface area contributed by atoms with E-state index >= 15 is 0 Å². The Labute approximate surface area is 297 Å². The lowest BCUT2D eigenvalue weighted by atomic mass is 9.99. The molecule has 14 heteroatoms. The van der Waals surface area contributed by atoms with E-state index < -0.39 is 40.7 Å². The summed E-state index contributed by atoms with van der Waals surface area (Å²) in [7, 11) is 0. The van der Waals surface area contributed by atoms with E-state index in [9.17, 15) is 34.4 Å². The Balaban J connectivity index is 1.21. The molecular formula is C37H33ClN4O9. The van der Waals surface area contributed by atoms with Crippen LogP contribution in [0.5, 0.6) is 11.5 Å². The minimum atomic E-state index is -1.30. The number of amides is 4. The van der Waals surface area contributed by atoms with Crippen molar-refractivity contribution in [1.29, 1.82) is 0 Å². The average molecular weight is 713 g/mol. The standard InChI is InChI=1S/C37H33ClN4O9/c38-29-20-25(42(48)49)11-12-28(29)35(45)39-30(18-23-6-2-1-3-7-23)31(43)21-40(16-14-24-10-13-32-33(19-24)51-22-50-32)34(44)15-17-41-36(46)26-8-4-5-9-27(26)37(41)47/h1-13,19-20,30-31,43H,14-18,21-22H2,(H,39,45). The highest BCUT2D eigenvalue weighted by Crippen LogP contribution is 2.33. The molecule has 6 rings (SSSR count). The van der Waals surface area contributed by atoms with E-state index in [2.05, 4.69) is 5.32 Å². The highest BCUT2D eigenvalue weighted by molar-refractivity contribution is 6.34. The molecule has 0 saturated heterocycles. The summed E-state index contributed by atoms with van der Waals surface area (Å²) in [6.07, 6.45) is -0.952. The van der Waals surface area contributed by atoms with Crippen molar-refractivity contribution in [2.45, 2.75) is 31.4 Å². The number of imide groups is 1. The molecule has 262 valence electrons. The van der Waals surface area contributed by atoms with Gasteiger partial charge in [0.2, 0.25) is 12.7 Å². The van der Waals surface area contributed by atoms with E-state index in [-0.39, 0.29) is 66.7 Å². The van der Waals surface area contributed by atoms with Crippen LogP contribution in [0.1, 0.15) is 48.6 Å². The van der Waals surface area contributed by atoms with Crippen molar-refractivity contribution in [3.05, 3.63) is 134 Å². The number of halogens is 1. The van der Waals surface area contributed by atoms with Crippen LogP contribution in [-0.4, -0.2) is 82.0 Å². The highest BCUT2D eigenvalue weighted by Gasteiger charge is 2.36. The van der Waals surface area contributed by atoms with Gasteiger partial charge in [-0.2, -0.15) is 0 Å². The molecule has 4 aromatic rings. The fraction of sp³-hybridized carbons (Fsp3) is 0.243. The fourth-order valence-electron chi connectivity index (χ4n) is 6.04. The van der Waals surface area contributed by atoms with Crippen LogP contribution in [0.2, 0.25) is 5.02 Å². The van der Waals surface area contributed by atoms with Gasteiger partial charge in [0.25, 0.3) is 23.4 Å². The Morgan fingerprint density at radius 1 is 0.922 bits per heavy atom. The summed E-state index contributed by atoms with van der Waals surface area (Å²) in [5.74, 6) is -0.868. The van der Waals surface area contributed by atoms with Crippen LogP contribution >= 0.6 is 11.6 Å².